The maximum absolute atomic E-state index is 11.0. The zero-order valence-corrected chi connectivity index (χ0v) is 11.7. The van der Waals surface area contributed by atoms with Gasteiger partial charge in [-0.15, -0.1) is 0 Å². The van der Waals surface area contributed by atoms with E-state index in [1.165, 1.54) is 22.1 Å². The molecule has 1 amide bonds. The van der Waals surface area contributed by atoms with Crippen molar-refractivity contribution < 1.29 is 21.8 Å². The van der Waals surface area contributed by atoms with Gasteiger partial charge in [-0.05, 0) is 19.1 Å². The van der Waals surface area contributed by atoms with E-state index in [-0.39, 0.29) is 18.3 Å². The van der Waals surface area contributed by atoms with Gasteiger partial charge in [-0.25, -0.2) is 0 Å². The van der Waals surface area contributed by atoms with Crippen LogP contribution in [0.4, 0.5) is 5.69 Å². The number of nitrogens with zero attached hydrogens (tertiary/aromatic N) is 1. The first-order valence-electron chi connectivity index (χ1n) is 5.32. The predicted molar refractivity (Wildman–Crippen MR) is 66.7 cm³/mol. The normalized spacial score (nSPS) is 10.1. The zero-order chi connectivity index (χ0) is 11.7. The number of amides is 1. The summed E-state index contributed by atoms with van der Waals surface area (Å²) in [6.07, 6.45) is 0. The van der Waals surface area contributed by atoms with Crippen LogP contribution in [0.2, 0.25) is 0 Å². The molecule has 3 nitrogen and oxygen atoms in total. The van der Waals surface area contributed by atoms with Gasteiger partial charge in [0.2, 0.25) is 16.4 Å². The fraction of sp³-hybridized carbons (Fsp3) is 0.333. The molecule has 2 rings (SSSR count). The SMILES string of the molecule is CC[n+]1c(C)sc2cc(NC(C)=O)ccc21.[Cl-]. The van der Waals surface area contributed by atoms with E-state index in [2.05, 4.69) is 29.8 Å². The standard InChI is InChI=1S/C12H14N2OS.ClH/c1-4-14-9(3)16-12-7-10(13-8(2)15)5-6-11(12)14;/h5-7H,4H2,1-3H3;1H. The minimum atomic E-state index is -0.0315. The number of aromatic nitrogens is 1. The number of hydrogen-bond acceptors (Lipinski definition) is 2. The van der Waals surface area contributed by atoms with Gasteiger partial charge in [-0.1, -0.05) is 11.3 Å². The molecule has 0 unspecified atom stereocenters. The lowest BCUT2D eigenvalue weighted by atomic mass is 10.3. The van der Waals surface area contributed by atoms with Crippen molar-refractivity contribution in [3.05, 3.63) is 23.2 Å². The molecule has 0 fully saturated rings. The molecule has 1 heterocycles. The summed E-state index contributed by atoms with van der Waals surface area (Å²) < 4.78 is 3.49. The molecule has 0 aliphatic rings. The minimum absolute atomic E-state index is 0. The van der Waals surface area contributed by atoms with Gasteiger partial charge >= 0.3 is 0 Å². The van der Waals surface area contributed by atoms with Gasteiger partial charge in [0.25, 0.3) is 0 Å². The van der Waals surface area contributed by atoms with Gasteiger partial charge in [0.15, 0.2) is 0 Å². The van der Waals surface area contributed by atoms with E-state index in [9.17, 15) is 4.79 Å². The van der Waals surface area contributed by atoms with E-state index in [1.807, 2.05) is 12.1 Å². The second-order valence-electron chi connectivity index (χ2n) is 3.73. The number of carbonyl (C=O) groups is 1. The molecule has 0 radical (unpaired) electrons. The van der Waals surface area contributed by atoms with Crippen LogP contribution in [-0.4, -0.2) is 5.91 Å². The summed E-state index contributed by atoms with van der Waals surface area (Å²) >= 11 is 1.76. The van der Waals surface area contributed by atoms with Gasteiger partial charge in [-0.2, -0.15) is 4.57 Å². The second-order valence-corrected chi connectivity index (χ2v) is 4.96. The van der Waals surface area contributed by atoms with Crippen molar-refractivity contribution in [2.24, 2.45) is 0 Å². The van der Waals surface area contributed by atoms with Crippen LogP contribution in [0.15, 0.2) is 18.2 Å². The molecule has 0 saturated carbocycles. The first-order valence-corrected chi connectivity index (χ1v) is 6.14. The Morgan fingerprint density at radius 2 is 2.18 bits per heavy atom. The van der Waals surface area contributed by atoms with Crippen molar-refractivity contribution in [2.75, 3.05) is 5.32 Å². The van der Waals surface area contributed by atoms with E-state index in [0.717, 1.165) is 12.2 Å². The van der Waals surface area contributed by atoms with Gasteiger partial charge in [-0.3, -0.25) is 4.79 Å². The number of thiazole rings is 1. The van der Waals surface area contributed by atoms with Crippen LogP contribution in [0, 0.1) is 6.92 Å². The van der Waals surface area contributed by atoms with Gasteiger partial charge in [0.1, 0.15) is 11.2 Å². The molecule has 0 spiro atoms. The Morgan fingerprint density at radius 1 is 1.47 bits per heavy atom. The molecule has 0 bridgehead atoms. The molecule has 1 aromatic heterocycles. The van der Waals surface area contributed by atoms with Crippen LogP contribution < -0.4 is 22.3 Å². The Morgan fingerprint density at radius 3 is 2.76 bits per heavy atom. The van der Waals surface area contributed by atoms with Crippen LogP contribution in [0.1, 0.15) is 18.9 Å². The molecule has 2 aromatic rings. The summed E-state index contributed by atoms with van der Waals surface area (Å²) in [4.78, 5) is 11.0. The highest BCUT2D eigenvalue weighted by atomic mass is 35.5. The van der Waals surface area contributed by atoms with Crippen molar-refractivity contribution in [3.8, 4) is 0 Å². The van der Waals surface area contributed by atoms with Crippen LogP contribution >= 0.6 is 11.3 Å². The number of carbonyl (C=O) groups excluding carboxylic acids is 1. The highest BCUT2D eigenvalue weighted by Gasteiger charge is 2.15. The van der Waals surface area contributed by atoms with Crippen molar-refractivity contribution in [1.29, 1.82) is 0 Å². The summed E-state index contributed by atoms with van der Waals surface area (Å²) in [5.74, 6) is -0.0315. The topological polar surface area (TPSA) is 33.0 Å². The summed E-state index contributed by atoms with van der Waals surface area (Å²) in [6.45, 7) is 6.76. The third-order valence-corrected chi connectivity index (χ3v) is 3.59. The lowest BCUT2D eigenvalue weighted by Gasteiger charge is -1.99. The fourth-order valence-corrected chi connectivity index (χ4v) is 3.00. The van der Waals surface area contributed by atoms with Gasteiger partial charge < -0.3 is 17.7 Å². The van der Waals surface area contributed by atoms with E-state index in [4.69, 9.17) is 0 Å². The van der Waals surface area contributed by atoms with Crippen LogP contribution in [0.25, 0.3) is 10.2 Å². The summed E-state index contributed by atoms with van der Waals surface area (Å²) in [7, 11) is 0. The monoisotopic (exact) mass is 270 g/mol. The highest BCUT2D eigenvalue weighted by molar-refractivity contribution is 7.18. The maximum Gasteiger partial charge on any atom is 0.235 e. The van der Waals surface area contributed by atoms with E-state index in [0.29, 0.717) is 0 Å². The predicted octanol–water partition coefficient (Wildman–Crippen LogP) is -0.520. The highest BCUT2D eigenvalue weighted by Crippen LogP contribution is 2.23. The molecule has 1 aromatic carbocycles. The molecule has 1 N–H and O–H groups in total. The average molecular weight is 271 g/mol. The van der Waals surface area contributed by atoms with Crippen molar-refractivity contribution in [3.63, 3.8) is 0 Å². The third-order valence-electron chi connectivity index (χ3n) is 2.52. The zero-order valence-electron chi connectivity index (χ0n) is 10.1. The molecular formula is C12H15ClN2OS. The Bertz CT molecular complexity index is 551. The Balaban J connectivity index is 0.00000144. The van der Waals surface area contributed by atoms with Gasteiger partial charge in [0.05, 0.1) is 0 Å². The van der Waals surface area contributed by atoms with Crippen molar-refractivity contribution in [1.82, 2.24) is 0 Å². The molecular weight excluding hydrogens is 256 g/mol. The lowest BCUT2D eigenvalue weighted by Crippen LogP contribution is -3.00. The molecule has 0 saturated heterocycles. The number of benzene rings is 1. The summed E-state index contributed by atoms with van der Waals surface area (Å²) in [5.41, 5.74) is 2.10. The third kappa shape index (κ3) is 2.76. The number of fused-ring (bicyclic) bond motifs is 1. The number of anilines is 1. The first kappa shape index (κ1) is 13.9. The summed E-state index contributed by atoms with van der Waals surface area (Å²) in [5, 5.41) is 4.09. The molecule has 5 heteroatoms. The Labute approximate surface area is 111 Å². The summed E-state index contributed by atoms with van der Waals surface area (Å²) in [6, 6.07) is 6.04. The molecule has 17 heavy (non-hydrogen) atoms. The van der Waals surface area contributed by atoms with Crippen molar-refractivity contribution in [2.45, 2.75) is 27.3 Å². The number of nitrogens with one attached hydrogen (secondary N) is 1. The lowest BCUT2D eigenvalue weighted by molar-refractivity contribution is -0.669. The van der Waals surface area contributed by atoms with Crippen LogP contribution in [-0.2, 0) is 11.3 Å². The molecule has 0 aliphatic heterocycles. The minimum Gasteiger partial charge on any atom is -1.00 e. The van der Waals surface area contributed by atoms with E-state index in [1.54, 1.807) is 11.3 Å². The number of hydrogen-bond donors (Lipinski definition) is 1. The van der Waals surface area contributed by atoms with Crippen molar-refractivity contribution >= 4 is 33.1 Å². The quantitative estimate of drug-likeness (QED) is 0.732. The molecule has 92 valence electrons. The van der Waals surface area contributed by atoms with Gasteiger partial charge in [0, 0.05) is 25.6 Å². The largest absolute Gasteiger partial charge is 1.00 e. The average Bonchev–Trinajstić information content (AvgIpc) is 2.51. The number of halogens is 1. The Kier molecular flexibility index (Phi) is 4.48. The first-order chi connectivity index (χ1) is 7.61. The molecule has 0 atom stereocenters. The fourth-order valence-electron chi connectivity index (χ4n) is 1.88. The van der Waals surface area contributed by atoms with Crippen LogP contribution in [0.5, 0.6) is 0 Å². The maximum atomic E-state index is 11.0. The van der Waals surface area contributed by atoms with E-state index >= 15 is 0 Å². The van der Waals surface area contributed by atoms with E-state index < -0.39 is 0 Å². The smallest absolute Gasteiger partial charge is 0.235 e. The van der Waals surface area contributed by atoms with Crippen LogP contribution in [0.3, 0.4) is 0 Å². The number of aryl methyl sites for hydroxylation is 2. The Hall–Kier alpha value is -1.13. The molecule has 0 aliphatic carbocycles. The second kappa shape index (κ2) is 5.47. The number of rotatable bonds is 2.